The van der Waals surface area contributed by atoms with Crippen molar-refractivity contribution in [1.29, 1.82) is 0 Å². The van der Waals surface area contributed by atoms with Gasteiger partial charge in [0.25, 0.3) is 0 Å². The third-order valence-electron chi connectivity index (χ3n) is 6.07. The minimum atomic E-state index is -0.474. The lowest BCUT2D eigenvalue weighted by atomic mass is 9.86. The minimum Gasteiger partial charge on any atom is -0.464 e. The number of aryl methyl sites for hydroxylation is 2. The quantitative estimate of drug-likeness (QED) is 0.432. The summed E-state index contributed by atoms with van der Waals surface area (Å²) in [5, 5.41) is 4.77. The molecular weight excluding hydrogens is 402 g/mol. The van der Waals surface area contributed by atoms with Crippen LogP contribution in [0, 0.1) is 13.8 Å². The Bertz CT molecular complexity index is 1350. The van der Waals surface area contributed by atoms with E-state index in [4.69, 9.17) is 8.83 Å². The summed E-state index contributed by atoms with van der Waals surface area (Å²) in [6.07, 6.45) is 2.52. The van der Waals surface area contributed by atoms with Crippen LogP contribution in [0.2, 0.25) is 0 Å². The second-order valence-electron chi connectivity index (χ2n) is 9.41. The normalized spacial score (nSPS) is 11.9. The molecule has 0 saturated carbocycles. The van der Waals surface area contributed by atoms with Gasteiger partial charge in [-0.05, 0) is 42.9 Å². The fourth-order valence-electron chi connectivity index (χ4n) is 4.20. The molecule has 4 aromatic rings. The first-order valence-electron chi connectivity index (χ1n) is 10.9. The number of rotatable bonds is 5. The van der Waals surface area contributed by atoms with E-state index in [9.17, 15) is 9.59 Å². The van der Waals surface area contributed by atoms with E-state index >= 15 is 0 Å². The molecular formula is C27H29NO4. The Morgan fingerprint density at radius 1 is 1.00 bits per heavy atom. The van der Waals surface area contributed by atoms with Crippen LogP contribution in [0.25, 0.3) is 21.9 Å². The molecule has 2 heterocycles. The summed E-state index contributed by atoms with van der Waals surface area (Å²) in [5.74, 6) is -0.188. The summed E-state index contributed by atoms with van der Waals surface area (Å²) in [6, 6.07) is 12.0. The molecule has 5 nitrogen and oxygen atoms in total. The van der Waals surface area contributed by atoms with Crippen molar-refractivity contribution in [2.45, 2.75) is 52.9 Å². The van der Waals surface area contributed by atoms with Crippen LogP contribution >= 0.6 is 0 Å². The van der Waals surface area contributed by atoms with Crippen molar-refractivity contribution in [3.05, 3.63) is 80.9 Å². The molecule has 0 spiro atoms. The summed E-state index contributed by atoms with van der Waals surface area (Å²) >= 11 is 0. The number of carbonyl (C=O) groups excluding carboxylic acids is 1. The van der Waals surface area contributed by atoms with E-state index in [0.717, 1.165) is 45.0 Å². The maximum absolute atomic E-state index is 12.8. The van der Waals surface area contributed by atoms with Gasteiger partial charge in [-0.3, -0.25) is 4.79 Å². The zero-order valence-corrected chi connectivity index (χ0v) is 19.3. The Morgan fingerprint density at radius 3 is 2.41 bits per heavy atom. The van der Waals surface area contributed by atoms with Crippen LogP contribution in [0.15, 0.2) is 56.3 Å². The van der Waals surface area contributed by atoms with Gasteiger partial charge in [0.1, 0.15) is 11.2 Å². The van der Waals surface area contributed by atoms with E-state index in [1.807, 2.05) is 50.2 Å². The van der Waals surface area contributed by atoms with Crippen LogP contribution < -0.4 is 10.9 Å². The van der Waals surface area contributed by atoms with Gasteiger partial charge in [-0.1, -0.05) is 51.1 Å². The maximum atomic E-state index is 12.8. The molecule has 1 N–H and O–H groups in total. The first-order chi connectivity index (χ1) is 15.2. The highest BCUT2D eigenvalue weighted by Gasteiger charge is 2.24. The second kappa shape index (κ2) is 8.30. The van der Waals surface area contributed by atoms with Crippen LogP contribution in [0.3, 0.4) is 0 Å². The smallest absolute Gasteiger partial charge is 0.340 e. The van der Waals surface area contributed by atoms with Gasteiger partial charge in [-0.15, -0.1) is 0 Å². The van der Waals surface area contributed by atoms with Crippen molar-refractivity contribution in [3.63, 3.8) is 0 Å². The van der Waals surface area contributed by atoms with Gasteiger partial charge in [0.05, 0.1) is 18.2 Å². The van der Waals surface area contributed by atoms with Crippen LogP contribution in [0.1, 0.15) is 48.6 Å². The molecule has 32 heavy (non-hydrogen) atoms. The average Bonchev–Trinajstić information content (AvgIpc) is 3.18. The topological polar surface area (TPSA) is 72.5 Å². The lowest BCUT2D eigenvalue weighted by molar-refractivity contribution is -0.120. The van der Waals surface area contributed by atoms with Crippen LogP contribution in [-0.4, -0.2) is 12.5 Å². The van der Waals surface area contributed by atoms with Crippen molar-refractivity contribution >= 4 is 27.8 Å². The summed E-state index contributed by atoms with van der Waals surface area (Å²) in [7, 11) is 0. The predicted octanol–water partition coefficient (Wildman–Crippen LogP) is 5.35. The van der Waals surface area contributed by atoms with E-state index in [0.29, 0.717) is 17.7 Å². The molecule has 166 valence electrons. The second-order valence-corrected chi connectivity index (χ2v) is 9.41. The number of carbonyl (C=O) groups is 1. The Labute approximate surface area is 187 Å². The van der Waals surface area contributed by atoms with E-state index < -0.39 is 5.63 Å². The largest absolute Gasteiger partial charge is 0.464 e. The van der Waals surface area contributed by atoms with Crippen LogP contribution in [0.4, 0.5) is 0 Å². The molecule has 0 saturated heterocycles. The van der Waals surface area contributed by atoms with Gasteiger partial charge in [0.15, 0.2) is 0 Å². The Balaban J connectivity index is 1.65. The molecule has 0 aliphatic carbocycles. The van der Waals surface area contributed by atoms with Gasteiger partial charge in [-0.25, -0.2) is 4.79 Å². The molecule has 0 aliphatic heterocycles. The number of hydrogen-bond acceptors (Lipinski definition) is 4. The zero-order chi connectivity index (χ0) is 23.0. The molecule has 0 aliphatic rings. The first-order valence-corrected chi connectivity index (χ1v) is 10.9. The van der Waals surface area contributed by atoms with Gasteiger partial charge >= 0.3 is 5.63 Å². The highest BCUT2D eigenvalue weighted by molar-refractivity contribution is 6.00. The molecule has 0 radical (unpaired) electrons. The highest BCUT2D eigenvalue weighted by atomic mass is 16.4. The molecule has 0 bridgehead atoms. The molecule has 0 unspecified atom stereocenters. The van der Waals surface area contributed by atoms with Crippen molar-refractivity contribution in [2.24, 2.45) is 0 Å². The van der Waals surface area contributed by atoms with Gasteiger partial charge in [-0.2, -0.15) is 0 Å². The molecule has 2 aromatic carbocycles. The number of amides is 1. The molecule has 5 heteroatoms. The molecule has 0 atom stereocenters. The number of hydrogen-bond donors (Lipinski definition) is 1. The summed E-state index contributed by atoms with van der Waals surface area (Å²) in [6.45, 7) is 10.7. The van der Waals surface area contributed by atoms with Crippen molar-refractivity contribution in [1.82, 2.24) is 5.32 Å². The lowest BCUT2D eigenvalue weighted by Crippen LogP contribution is -2.29. The Hall–Kier alpha value is -3.34. The number of nitrogens with one attached hydrogen (secondary N) is 1. The van der Waals surface area contributed by atoms with Gasteiger partial charge < -0.3 is 14.2 Å². The van der Waals surface area contributed by atoms with Crippen LogP contribution in [0.5, 0.6) is 0 Å². The third-order valence-corrected chi connectivity index (χ3v) is 6.07. The summed E-state index contributed by atoms with van der Waals surface area (Å²) < 4.78 is 11.5. The average molecular weight is 432 g/mol. The fourth-order valence-corrected chi connectivity index (χ4v) is 4.20. The third kappa shape index (κ3) is 4.07. The number of furan rings is 1. The summed E-state index contributed by atoms with van der Waals surface area (Å²) in [5.41, 5.74) is 4.92. The SMILES string of the molecule is Cc1c(CC(=O)NCCc2ccccc2)c(=O)oc2c(C)c3occ(C(C)(C)C)c3cc12. The fraction of sp³-hybridized carbons (Fsp3) is 0.333. The van der Waals surface area contributed by atoms with E-state index in [-0.39, 0.29) is 17.7 Å². The van der Waals surface area contributed by atoms with Crippen molar-refractivity contribution in [2.75, 3.05) is 6.54 Å². The van der Waals surface area contributed by atoms with E-state index in [2.05, 4.69) is 26.1 Å². The van der Waals surface area contributed by atoms with Gasteiger partial charge in [0, 0.05) is 28.4 Å². The molecule has 1 amide bonds. The van der Waals surface area contributed by atoms with Gasteiger partial charge in [0.2, 0.25) is 5.91 Å². The number of benzene rings is 2. The van der Waals surface area contributed by atoms with E-state index in [1.165, 1.54) is 0 Å². The Kier molecular flexibility index (Phi) is 5.68. The predicted molar refractivity (Wildman–Crippen MR) is 127 cm³/mol. The van der Waals surface area contributed by atoms with Crippen molar-refractivity contribution in [3.8, 4) is 0 Å². The molecule has 4 rings (SSSR count). The minimum absolute atomic E-state index is 0.00645. The number of fused-ring (bicyclic) bond motifs is 2. The maximum Gasteiger partial charge on any atom is 0.340 e. The van der Waals surface area contributed by atoms with Crippen molar-refractivity contribution < 1.29 is 13.6 Å². The highest BCUT2D eigenvalue weighted by Crippen LogP contribution is 2.37. The lowest BCUT2D eigenvalue weighted by Gasteiger charge is -2.17. The standard InChI is InChI=1S/C27H29NO4/c1-16-19-13-21-22(27(3,4)5)15-31-24(21)17(2)25(19)32-26(30)20(16)14-23(29)28-12-11-18-9-7-6-8-10-18/h6-10,13,15H,11-12,14H2,1-5H3,(H,28,29). The summed E-state index contributed by atoms with van der Waals surface area (Å²) in [4.78, 5) is 25.3. The van der Waals surface area contributed by atoms with Crippen LogP contribution in [-0.2, 0) is 23.1 Å². The van der Waals surface area contributed by atoms with E-state index in [1.54, 1.807) is 6.26 Å². The zero-order valence-electron chi connectivity index (χ0n) is 19.3. The monoisotopic (exact) mass is 431 g/mol. The Morgan fingerprint density at radius 2 is 1.72 bits per heavy atom. The first kappa shape index (κ1) is 21.9. The molecule has 0 fully saturated rings. The molecule has 2 aromatic heterocycles.